The third kappa shape index (κ3) is 40.8. The zero-order valence-corrected chi connectivity index (χ0v) is 9.23. The van der Waals surface area contributed by atoms with Crippen LogP contribution in [0.4, 0.5) is 4.79 Å². The molecule has 14 heavy (non-hydrogen) atoms. The van der Waals surface area contributed by atoms with Gasteiger partial charge in [-0.1, -0.05) is 0 Å². The Labute approximate surface area is 94.8 Å². The molecule has 0 atom stereocenters. The minimum atomic E-state index is -4.62. The Kier molecular flexibility index (Phi) is 9.93. The van der Waals surface area contributed by atoms with Crippen molar-refractivity contribution in [2.24, 2.45) is 0 Å². The van der Waals surface area contributed by atoms with Crippen LogP contribution in [0, 0.1) is 0 Å². The van der Waals surface area contributed by atoms with Gasteiger partial charge in [-0.05, 0) is 0 Å². The molecule has 0 heterocycles. The van der Waals surface area contributed by atoms with Crippen molar-refractivity contribution in [3.05, 3.63) is 0 Å². The minimum absolute atomic E-state index is 0. The Morgan fingerprint density at radius 3 is 1.21 bits per heavy atom. The monoisotopic (exact) mass is 344 g/mol. The van der Waals surface area contributed by atoms with Gasteiger partial charge in [-0.15, -0.1) is 0 Å². The molecule has 0 aromatic rings. The molecule has 9 nitrogen and oxygen atoms in total. The zero-order valence-electron chi connectivity index (χ0n) is 6.12. The van der Waals surface area contributed by atoms with Gasteiger partial charge in [0.2, 0.25) is 11.2 Å². The molecule has 90 valence electrons. The second kappa shape index (κ2) is 7.17. The SMILES string of the molecule is O=C([O-])O.O=S(=O)(O)CS(=O)(=O)O.[Ag+]. The van der Waals surface area contributed by atoms with Gasteiger partial charge < -0.3 is 15.0 Å². The molecule has 0 aliphatic rings. The molecule has 0 radical (unpaired) electrons. The predicted octanol–water partition coefficient (Wildman–Crippen LogP) is -2.40. The van der Waals surface area contributed by atoms with Gasteiger partial charge >= 0.3 is 22.4 Å². The topological polar surface area (TPSA) is 169 Å². The molecular weight excluding hydrogens is 340 g/mol. The summed E-state index contributed by atoms with van der Waals surface area (Å²) in [7, 11) is -9.24. The Hall–Kier alpha value is -0.170. The second-order valence-electron chi connectivity index (χ2n) is 1.55. The van der Waals surface area contributed by atoms with E-state index < -0.39 is 31.5 Å². The largest absolute Gasteiger partial charge is 1.00 e. The van der Waals surface area contributed by atoms with E-state index in [4.69, 9.17) is 24.1 Å². The molecule has 0 saturated carbocycles. The van der Waals surface area contributed by atoms with Gasteiger partial charge in [0.1, 0.15) is 0 Å². The van der Waals surface area contributed by atoms with Crippen LogP contribution >= 0.6 is 0 Å². The van der Waals surface area contributed by atoms with Crippen LogP contribution in [0.2, 0.25) is 0 Å². The average Bonchev–Trinajstić information content (AvgIpc) is 1.47. The van der Waals surface area contributed by atoms with E-state index in [1.54, 1.807) is 0 Å². The molecule has 0 fully saturated rings. The first kappa shape index (κ1) is 19.4. The maximum Gasteiger partial charge on any atom is 1.00 e. The summed E-state index contributed by atoms with van der Waals surface area (Å²) < 4.78 is 54.2. The molecule has 0 bridgehead atoms. The van der Waals surface area contributed by atoms with Crippen LogP contribution in [-0.4, -0.2) is 42.3 Å². The van der Waals surface area contributed by atoms with Gasteiger partial charge in [-0.25, -0.2) is 0 Å². The molecule has 0 aromatic heterocycles. The van der Waals surface area contributed by atoms with Crippen LogP contribution in [0.1, 0.15) is 0 Å². The number of rotatable bonds is 2. The molecule has 0 saturated heterocycles. The Balaban J connectivity index is -0.000000209. The molecular formula is C2H5AgO9S2. The van der Waals surface area contributed by atoms with Gasteiger partial charge in [0.05, 0.1) is 0 Å². The van der Waals surface area contributed by atoms with Crippen molar-refractivity contribution in [1.82, 2.24) is 0 Å². The third-order valence-corrected chi connectivity index (χ3v) is 2.68. The van der Waals surface area contributed by atoms with Crippen molar-refractivity contribution in [1.29, 1.82) is 0 Å². The molecule has 0 amide bonds. The minimum Gasteiger partial charge on any atom is -0.565 e. The molecule has 12 heteroatoms. The molecule has 0 rings (SSSR count). The second-order valence-corrected chi connectivity index (χ2v) is 4.82. The maximum absolute atomic E-state index is 9.66. The van der Waals surface area contributed by atoms with Crippen molar-refractivity contribution in [2.45, 2.75) is 0 Å². The predicted molar refractivity (Wildman–Crippen MR) is 36.0 cm³/mol. The summed E-state index contributed by atoms with van der Waals surface area (Å²) >= 11 is 0. The summed E-state index contributed by atoms with van der Waals surface area (Å²) in [6.45, 7) is 0. The summed E-state index contributed by atoms with van der Waals surface area (Å²) in [6, 6.07) is 0. The third-order valence-electron chi connectivity index (χ3n) is 0.298. The van der Waals surface area contributed by atoms with Crippen molar-refractivity contribution >= 4 is 26.4 Å². The van der Waals surface area contributed by atoms with E-state index in [1.807, 2.05) is 0 Å². The van der Waals surface area contributed by atoms with Crippen LogP contribution in [0.15, 0.2) is 0 Å². The summed E-state index contributed by atoms with van der Waals surface area (Å²) in [6.07, 6.45) is -2.08. The van der Waals surface area contributed by atoms with Crippen LogP contribution < -0.4 is 5.11 Å². The number of hydrogen-bond acceptors (Lipinski definition) is 6. The summed E-state index contributed by atoms with van der Waals surface area (Å²) in [5.74, 6) is 0. The van der Waals surface area contributed by atoms with E-state index in [1.165, 1.54) is 0 Å². The van der Waals surface area contributed by atoms with Crippen LogP contribution in [0.25, 0.3) is 0 Å². The van der Waals surface area contributed by atoms with E-state index >= 15 is 0 Å². The van der Waals surface area contributed by atoms with E-state index in [9.17, 15) is 16.8 Å². The number of hydrogen-bond donors (Lipinski definition) is 3. The fourth-order valence-corrected chi connectivity index (χ4v) is 1.69. The van der Waals surface area contributed by atoms with Gasteiger partial charge in [-0.2, -0.15) is 16.8 Å². The Bertz CT molecular complexity index is 316. The summed E-state index contributed by atoms with van der Waals surface area (Å²) in [5, 5.41) is 13.7. The van der Waals surface area contributed by atoms with Gasteiger partial charge in [-0.3, -0.25) is 9.11 Å². The Morgan fingerprint density at radius 2 is 1.21 bits per heavy atom. The fraction of sp³-hybridized carbons (Fsp3) is 0.500. The van der Waals surface area contributed by atoms with Crippen LogP contribution in [0.5, 0.6) is 0 Å². The first-order valence-corrected chi connectivity index (χ1v) is 5.46. The van der Waals surface area contributed by atoms with Crippen molar-refractivity contribution in [3.8, 4) is 0 Å². The number of carbonyl (C=O) groups is 1. The summed E-state index contributed by atoms with van der Waals surface area (Å²) in [4.78, 5) is 8.44. The fourth-order valence-electron chi connectivity index (χ4n) is 0.188. The van der Waals surface area contributed by atoms with E-state index in [0.29, 0.717) is 0 Å². The van der Waals surface area contributed by atoms with Crippen LogP contribution in [0.3, 0.4) is 0 Å². The van der Waals surface area contributed by atoms with Crippen LogP contribution in [-0.2, 0) is 42.6 Å². The number of carboxylic acid groups (broad SMARTS) is 2. The normalized spacial score (nSPS) is 10.4. The maximum atomic E-state index is 9.66. The first-order chi connectivity index (χ1) is 5.44. The van der Waals surface area contributed by atoms with Crippen molar-refractivity contribution in [2.75, 3.05) is 5.08 Å². The standard InChI is InChI=1S/CH4O6S2.CH2O3.Ag/c2-8(3,4)1-9(5,6)7;2-1(3)4;/h1H2,(H,2,3,4)(H,5,6,7);(H2,2,3,4);/q;;+1/p-1. The van der Waals surface area contributed by atoms with E-state index in [2.05, 4.69) is 0 Å². The smallest absolute Gasteiger partial charge is 0.565 e. The van der Waals surface area contributed by atoms with Gasteiger partial charge in [0.15, 0.2) is 0 Å². The van der Waals surface area contributed by atoms with E-state index in [0.717, 1.165) is 0 Å². The molecule has 0 aromatic carbocycles. The van der Waals surface area contributed by atoms with Crippen molar-refractivity contribution in [3.63, 3.8) is 0 Å². The Morgan fingerprint density at radius 1 is 1.07 bits per heavy atom. The van der Waals surface area contributed by atoms with Gasteiger partial charge in [0, 0.05) is 0 Å². The van der Waals surface area contributed by atoms with Crippen molar-refractivity contribution < 1.29 is 63.3 Å². The molecule has 0 unspecified atom stereocenters. The molecule has 0 spiro atoms. The zero-order chi connectivity index (χ0) is 11.3. The quantitative estimate of drug-likeness (QED) is 0.365. The van der Waals surface area contributed by atoms with Gasteiger partial charge in [0.25, 0.3) is 20.2 Å². The average molecular weight is 345 g/mol. The molecule has 0 aliphatic heterocycles. The first-order valence-electron chi connectivity index (χ1n) is 2.24. The van der Waals surface area contributed by atoms with E-state index in [-0.39, 0.29) is 22.4 Å². The molecule has 3 N–H and O–H groups in total. The molecule has 0 aliphatic carbocycles. The summed E-state index contributed by atoms with van der Waals surface area (Å²) in [5.41, 5.74) is 0.